The second-order valence-corrected chi connectivity index (χ2v) is 11.1. The zero-order chi connectivity index (χ0) is 21.2. The number of carbonyl (C=O) groups is 1. The molecular formula is C17H21BrN4O3S3. The fourth-order valence-electron chi connectivity index (χ4n) is 2.49. The molecule has 0 aliphatic carbocycles. The Bertz CT molecular complexity index is 977. The molecule has 0 saturated heterocycles. The van der Waals surface area contributed by atoms with Gasteiger partial charge in [-0.3, -0.25) is 10.1 Å². The van der Waals surface area contributed by atoms with Crippen LogP contribution in [0, 0.1) is 0 Å². The fraction of sp³-hybridized carbons (Fsp3) is 0.353. The van der Waals surface area contributed by atoms with Crippen molar-refractivity contribution in [3.05, 3.63) is 50.9 Å². The summed E-state index contributed by atoms with van der Waals surface area (Å²) in [5.74, 6) is -0.393. The van der Waals surface area contributed by atoms with Gasteiger partial charge in [0.05, 0.1) is 0 Å². The second kappa shape index (κ2) is 8.54. The zero-order valence-corrected chi connectivity index (χ0v) is 19.8. The third kappa shape index (κ3) is 4.43. The Hall–Kier alpha value is -1.40. The molecule has 1 atom stereocenters. The molecule has 0 aliphatic rings. The molecule has 2 aromatic rings. The van der Waals surface area contributed by atoms with Crippen LogP contribution in [0.2, 0.25) is 0 Å². The van der Waals surface area contributed by atoms with Gasteiger partial charge in [0.1, 0.15) is 19.9 Å². The van der Waals surface area contributed by atoms with E-state index in [0.29, 0.717) is 15.2 Å². The van der Waals surface area contributed by atoms with E-state index in [4.69, 9.17) is 12.2 Å². The van der Waals surface area contributed by atoms with E-state index in [-0.39, 0.29) is 5.11 Å². The van der Waals surface area contributed by atoms with Crippen LogP contribution in [0.5, 0.6) is 0 Å². The van der Waals surface area contributed by atoms with Crippen LogP contribution in [0.25, 0.3) is 0 Å². The molecule has 152 valence electrons. The molecule has 11 heteroatoms. The number of nitrogens with one attached hydrogen (secondary N) is 3. The van der Waals surface area contributed by atoms with Gasteiger partial charge in [0.15, 0.2) is 5.11 Å². The average Bonchev–Trinajstić information content (AvgIpc) is 3.08. The number of halogens is 1. The summed E-state index contributed by atoms with van der Waals surface area (Å²) in [7, 11) is -2.40. The minimum Gasteiger partial charge on any atom is -0.349 e. The molecular weight excluding hydrogens is 484 g/mol. The number of hydrogen-bond donors (Lipinski definition) is 3. The number of amides is 1. The molecule has 0 radical (unpaired) electrons. The van der Waals surface area contributed by atoms with E-state index in [2.05, 4.69) is 36.3 Å². The van der Waals surface area contributed by atoms with E-state index in [1.165, 1.54) is 18.4 Å². The van der Waals surface area contributed by atoms with Gasteiger partial charge in [0.2, 0.25) is 10.0 Å². The summed E-state index contributed by atoms with van der Waals surface area (Å²) >= 11 is 9.90. The molecule has 7 nitrogen and oxygen atoms in total. The van der Waals surface area contributed by atoms with Crippen LogP contribution in [0.3, 0.4) is 0 Å². The Morgan fingerprint density at radius 3 is 2.32 bits per heavy atom. The Morgan fingerprint density at radius 1 is 1.21 bits per heavy atom. The Kier molecular flexibility index (Phi) is 6.98. The van der Waals surface area contributed by atoms with Crippen LogP contribution in [0.15, 0.2) is 40.3 Å². The zero-order valence-electron chi connectivity index (χ0n) is 15.7. The number of nitrogens with zero attached hydrogens (tertiary/aromatic N) is 1. The smallest absolute Gasteiger partial charge is 0.257 e. The summed E-state index contributed by atoms with van der Waals surface area (Å²) in [6, 6.07) is 8.60. The molecule has 0 aliphatic heterocycles. The van der Waals surface area contributed by atoms with Crippen molar-refractivity contribution in [2.24, 2.45) is 0 Å². The third-order valence-corrected chi connectivity index (χ3v) is 8.94. The predicted octanol–water partition coefficient (Wildman–Crippen LogP) is 2.75. The Morgan fingerprint density at radius 2 is 1.82 bits per heavy atom. The van der Waals surface area contributed by atoms with E-state index in [1.54, 1.807) is 56.5 Å². The lowest BCUT2D eigenvalue weighted by Gasteiger charge is -2.42. The largest absolute Gasteiger partial charge is 0.349 e. The van der Waals surface area contributed by atoms with Gasteiger partial charge >= 0.3 is 0 Å². The number of thiazole rings is 1. The van der Waals surface area contributed by atoms with Crippen LogP contribution < -0.4 is 15.4 Å². The highest BCUT2D eigenvalue weighted by Gasteiger charge is 2.53. The lowest BCUT2D eigenvalue weighted by atomic mass is 9.88. The van der Waals surface area contributed by atoms with Crippen molar-refractivity contribution in [2.75, 3.05) is 7.05 Å². The molecule has 1 amide bonds. The average molecular weight is 505 g/mol. The van der Waals surface area contributed by atoms with Crippen molar-refractivity contribution in [1.82, 2.24) is 20.3 Å². The molecule has 2 rings (SSSR count). The van der Waals surface area contributed by atoms with E-state index >= 15 is 0 Å². The van der Waals surface area contributed by atoms with Crippen molar-refractivity contribution >= 4 is 60.5 Å². The lowest BCUT2D eigenvalue weighted by molar-refractivity contribution is 0.0975. The van der Waals surface area contributed by atoms with Crippen molar-refractivity contribution in [1.29, 1.82) is 0 Å². The quantitative estimate of drug-likeness (QED) is 0.523. The Balaban J connectivity index is 2.38. The van der Waals surface area contributed by atoms with E-state index in [0.717, 1.165) is 0 Å². The van der Waals surface area contributed by atoms with E-state index in [9.17, 15) is 13.2 Å². The molecule has 28 heavy (non-hydrogen) atoms. The SMILES string of the molecule is CNS(=O)(=O)C(C)(C)C(C)(NC(=S)NC(=O)c1ccccc1)c1nc(Br)cs1. The third-order valence-electron chi connectivity index (χ3n) is 4.68. The highest BCUT2D eigenvalue weighted by atomic mass is 79.9. The summed E-state index contributed by atoms with van der Waals surface area (Å²) in [6.45, 7) is 4.83. The number of thiocarbonyl (C=S) groups is 1. The summed E-state index contributed by atoms with van der Waals surface area (Å²) in [4.78, 5) is 16.8. The summed E-state index contributed by atoms with van der Waals surface area (Å²) in [5.41, 5.74) is -0.792. The highest BCUT2D eigenvalue weighted by Crippen LogP contribution is 2.40. The van der Waals surface area contributed by atoms with E-state index < -0.39 is 26.2 Å². The first-order valence-corrected chi connectivity index (χ1v) is 11.7. The van der Waals surface area contributed by atoms with Crippen molar-refractivity contribution < 1.29 is 13.2 Å². The number of hydrogen-bond acceptors (Lipinski definition) is 6. The van der Waals surface area contributed by atoms with Gasteiger partial charge in [-0.25, -0.2) is 18.1 Å². The molecule has 1 unspecified atom stereocenters. The van der Waals surface area contributed by atoms with Crippen LogP contribution >= 0.6 is 39.5 Å². The maximum atomic E-state index is 12.8. The van der Waals surface area contributed by atoms with Crippen molar-refractivity contribution in [3.63, 3.8) is 0 Å². The topological polar surface area (TPSA) is 100 Å². The van der Waals surface area contributed by atoms with Gasteiger partial charge in [0.25, 0.3) is 5.91 Å². The molecule has 0 fully saturated rings. The molecule has 1 aromatic heterocycles. The molecule has 0 bridgehead atoms. The van der Waals surface area contributed by atoms with Gasteiger partial charge in [-0.05, 0) is 68.1 Å². The summed E-state index contributed by atoms with van der Waals surface area (Å²) < 4.78 is 27.1. The lowest BCUT2D eigenvalue weighted by Crippen LogP contribution is -2.64. The van der Waals surface area contributed by atoms with Crippen LogP contribution in [0.1, 0.15) is 36.1 Å². The van der Waals surface area contributed by atoms with Gasteiger partial charge in [0, 0.05) is 10.9 Å². The number of carbonyl (C=O) groups excluding carboxylic acids is 1. The summed E-state index contributed by atoms with van der Waals surface area (Å²) in [5, 5.41) is 7.87. The highest BCUT2D eigenvalue weighted by molar-refractivity contribution is 9.10. The van der Waals surface area contributed by atoms with Gasteiger partial charge in [-0.15, -0.1) is 11.3 Å². The molecule has 1 heterocycles. The number of benzene rings is 1. The van der Waals surface area contributed by atoms with Gasteiger partial charge in [-0.2, -0.15) is 0 Å². The molecule has 0 spiro atoms. The van der Waals surface area contributed by atoms with Crippen LogP contribution in [-0.4, -0.2) is 36.2 Å². The summed E-state index contributed by atoms with van der Waals surface area (Å²) in [6.07, 6.45) is 0. The molecule has 0 saturated carbocycles. The maximum Gasteiger partial charge on any atom is 0.257 e. The minimum absolute atomic E-state index is 0.00190. The van der Waals surface area contributed by atoms with Gasteiger partial charge in [-0.1, -0.05) is 18.2 Å². The maximum absolute atomic E-state index is 12.8. The molecule has 3 N–H and O–H groups in total. The monoisotopic (exact) mass is 504 g/mol. The normalized spacial score (nSPS) is 14.2. The van der Waals surface area contributed by atoms with E-state index in [1.807, 2.05) is 0 Å². The molecule has 1 aromatic carbocycles. The van der Waals surface area contributed by atoms with Crippen molar-refractivity contribution in [2.45, 2.75) is 31.1 Å². The Labute approximate surface area is 182 Å². The predicted molar refractivity (Wildman–Crippen MR) is 119 cm³/mol. The van der Waals surface area contributed by atoms with Gasteiger partial charge < -0.3 is 5.32 Å². The number of aromatic nitrogens is 1. The van der Waals surface area contributed by atoms with Crippen LogP contribution in [-0.2, 0) is 15.6 Å². The van der Waals surface area contributed by atoms with Crippen LogP contribution in [0.4, 0.5) is 0 Å². The standard InChI is InChI=1S/C17H21BrN4O3S3/c1-16(2,28(24,25)19-4)17(3,14-20-12(18)10-27-14)22-15(26)21-13(23)11-8-6-5-7-9-11/h5-10,19H,1-4H3,(H2,21,22,23,26). The first-order chi connectivity index (χ1) is 12.9. The second-order valence-electron chi connectivity index (χ2n) is 6.59. The minimum atomic E-state index is -3.75. The first-order valence-electron chi connectivity index (χ1n) is 8.18. The first kappa shape index (κ1) is 22.9. The fourth-order valence-corrected chi connectivity index (χ4v) is 5.58. The van der Waals surface area contributed by atoms with Crippen molar-refractivity contribution in [3.8, 4) is 0 Å². The number of rotatable bonds is 6. The number of sulfonamides is 1.